The molecule has 0 saturated carbocycles. The number of fused-ring (bicyclic) bond motifs is 1. The normalized spacial score (nSPS) is 12.7. The number of nitrogens with zero attached hydrogens (tertiary/aromatic N) is 1. The number of carbonyl (C=O) groups is 1. The molecule has 5 nitrogen and oxygen atoms in total. The fraction of sp³-hybridized carbons (Fsp3) is 0.286. The number of benzene rings is 2. The topological polar surface area (TPSA) is 70.2 Å². The molecule has 0 aliphatic heterocycles. The fourth-order valence-corrected chi connectivity index (χ4v) is 3.98. The Bertz CT molecular complexity index is 1100. The first-order chi connectivity index (χ1) is 12.6. The fourth-order valence-electron chi connectivity index (χ4n) is 3.05. The Balaban J connectivity index is 2.17. The first-order valence-corrected chi connectivity index (χ1v) is 10.1. The van der Waals surface area contributed by atoms with Crippen molar-refractivity contribution in [1.29, 1.82) is 0 Å². The third kappa shape index (κ3) is 3.42. The van der Waals surface area contributed by atoms with E-state index in [1.54, 1.807) is 18.2 Å². The van der Waals surface area contributed by atoms with Gasteiger partial charge in [-0.1, -0.05) is 45.0 Å². The van der Waals surface area contributed by atoms with Crippen molar-refractivity contribution in [3.8, 4) is 11.3 Å². The van der Waals surface area contributed by atoms with Crippen LogP contribution in [0.1, 0.15) is 36.7 Å². The lowest BCUT2D eigenvalue weighted by molar-refractivity contribution is 0.112. The van der Waals surface area contributed by atoms with Gasteiger partial charge in [-0.2, -0.15) is 0 Å². The number of aromatic amines is 1. The largest absolute Gasteiger partial charge is 0.354 e. The number of aldehydes is 1. The summed E-state index contributed by atoms with van der Waals surface area (Å²) in [5.41, 5.74) is 4.02. The van der Waals surface area contributed by atoms with Gasteiger partial charge in [0.05, 0.1) is 10.6 Å². The summed E-state index contributed by atoms with van der Waals surface area (Å²) in [6.07, 6.45) is 0.776. The third-order valence-electron chi connectivity index (χ3n) is 4.75. The summed E-state index contributed by atoms with van der Waals surface area (Å²) in [7, 11) is -0.596. The third-order valence-corrected chi connectivity index (χ3v) is 6.56. The smallest absolute Gasteiger partial charge is 0.242 e. The number of nitrogens with one attached hydrogen (secondary N) is 1. The van der Waals surface area contributed by atoms with Gasteiger partial charge in [-0.05, 0) is 34.7 Å². The molecule has 0 aliphatic carbocycles. The first kappa shape index (κ1) is 19.3. The van der Waals surface area contributed by atoms with Gasteiger partial charge in [0.15, 0.2) is 6.29 Å². The maximum Gasteiger partial charge on any atom is 0.242 e. The van der Waals surface area contributed by atoms with Crippen LogP contribution in [0.5, 0.6) is 0 Å². The van der Waals surface area contributed by atoms with Crippen LogP contribution >= 0.6 is 0 Å². The van der Waals surface area contributed by atoms with Crippen LogP contribution in [0.3, 0.4) is 0 Å². The average Bonchev–Trinajstić information content (AvgIpc) is 2.98. The lowest BCUT2D eigenvalue weighted by atomic mass is 9.86. The summed E-state index contributed by atoms with van der Waals surface area (Å²) in [6.45, 7) is 6.44. The molecule has 3 rings (SSSR count). The molecule has 0 saturated heterocycles. The molecule has 0 unspecified atom stereocenters. The molecule has 0 bridgehead atoms. The maximum absolute atomic E-state index is 12.4. The van der Waals surface area contributed by atoms with Crippen LogP contribution < -0.4 is 0 Å². The standard InChI is InChI=1S/C21H24N2O3S/c1-21(2,3)15-8-6-14(7-9-15)20-18(13-24)17-12-16(10-11-19(17)22-20)27(25,26)23(4)5/h6-13,22H,1-5H3. The molecule has 0 fully saturated rings. The number of carbonyl (C=O) groups excluding carboxylic acids is 1. The molecule has 2 aromatic carbocycles. The number of aromatic nitrogens is 1. The second-order valence-electron chi connectivity index (χ2n) is 7.85. The van der Waals surface area contributed by atoms with E-state index in [0.717, 1.165) is 21.7 Å². The molecule has 0 spiro atoms. The molecular formula is C21H24N2O3S. The molecule has 0 amide bonds. The lowest BCUT2D eigenvalue weighted by Gasteiger charge is -2.19. The number of rotatable bonds is 4. The highest BCUT2D eigenvalue weighted by Crippen LogP contribution is 2.32. The molecular weight excluding hydrogens is 360 g/mol. The van der Waals surface area contributed by atoms with Gasteiger partial charge in [-0.15, -0.1) is 0 Å². The Labute approximate surface area is 160 Å². The van der Waals surface area contributed by atoms with Gasteiger partial charge >= 0.3 is 0 Å². The van der Waals surface area contributed by atoms with Crippen LogP contribution in [-0.4, -0.2) is 38.1 Å². The van der Waals surface area contributed by atoms with Crippen molar-refractivity contribution in [2.75, 3.05) is 14.1 Å². The number of hydrogen-bond acceptors (Lipinski definition) is 3. The summed E-state index contributed by atoms with van der Waals surface area (Å²) >= 11 is 0. The number of sulfonamides is 1. The van der Waals surface area contributed by atoms with Gasteiger partial charge in [0, 0.05) is 30.6 Å². The zero-order valence-corrected chi connectivity index (χ0v) is 17.0. The van der Waals surface area contributed by atoms with Crippen molar-refractivity contribution in [3.63, 3.8) is 0 Å². The van der Waals surface area contributed by atoms with Crippen LogP contribution in [0.15, 0.2) is 47.4 Å². The SMILES string of the molecule is CN(C)S(=O)(=O)c1ccc2[nH]c(-c3ccc(C(C)(C)C)cc3)c(C=O)c2c1. The Hall–Kier alpha value is -2.44. The van der Waals surface area contributed by atoms with Gasteiger partial charge in [0.25, 0.3) is 0 Å². The summed E-state index contributed by atoms with van der Waals surface area (Å²) in [5, 5.41) is 0.600. The van der Waals surface area contributed by atoms with E-state index in [1.165, 1.54) is 19.7 Å². The molecule has 1 N–H and O–H groups in total. The van der Waals surface area contributed by atoms with Crippen molar-refractivity contribution in [3.05, 3.63) is 53.6 Å². The van der Waals surface area contributed by atoms with Gasteiger partial charge < -0.3 is 4.98 Å². The van der Waals surface area contributed by atoms with E-state index in [-0.39, 0.29) is 10.3 Å². The minimum absolute atomic E-state index is 0.0436. The van der Waals surface area contributed by atoms with Crippen molar-refractivity contribution < 1.29 is 13.2 Å². The highest BCUT2D eigenvalue weighted by atomic mass is 32.2. The maximum atomic E-state index is 12.4. The van der Waals surface area contributed by atoms with E-state index >= 15 is 0 Å². The predicted octanol–water partition coefficient (Wildman–Crippen LogP) is 4.20. The van der Waals surface area contributed by atoms with E-state index in [0.29, 0.717) is 16.6 Å². The zero-order valence-electron chi connectivity index (χ0n) is 16.2. The van der Waals surface area contributed by atoms with Crippen LogP contribution in [0.2, 0.25) is 0 Å². The summed E-state index contributed by atoms with van der Waals surface area (Å²) in [5.74, 6) is 0. The minimum atomic E-state index is -3.57. The lowest BCUT2D eigenvalue weighted by Crippen LogP contribution is -2.22. The van der Waals surface area contributed by atoms with Crippen molar-refractivity contribution in [2.24, 2.45) is 0 Å². The number of hydrogen-bond donors (Lipinski definition) is 1. The van der Waals surface area contributed by atoms with Crippen LogP contribution in [-0.2, 0) is 15.4 Å². The van der Waals surface area contributed by atoms with E-state index in [9.17, 15) is 13.2 Å². The molecule has 0 radical (unpaired) electrons. The van der Waals surface area contributed by atoms with Gasteiger partial charge in [-0.25, -0.2) is 12.7 Å². The van der Waals surface area contributed by atoms with E-state index in [1.807, 2.05) is 12.1 Å². The summed E-state index contributed by atoms with van der Waals surface area (Å²) in [6, 6.07) is 12.9. The molecule has 1 aromatic heterocycles. The Morgan fingerprint density at radius 1 is 1.00 bits per heavy atom. The van der Waals surface area contributed by atoms with Gasteiger partial charge in [0.1, 0.15) is 0 Å². The first-order valence-electron chi connectivity index (χ1n) is 8.70. The van der Waals surface area contributed by atoms with Crippen molar-refractivity contribution in [2.45, 2.75) is 31.1 Å². The highest BCUT2D eigenvalue weighted by Gasteiger charge is 2.20. The van der Waals surface area contributed by atoms with Gasteiger partial charge in [-0.3, -0.25) is 4.79 Å². The van der Waals surface area contributed by atoms with E-state index in [4.69, 9.17) is 0 Å². The van der Waals surface area contributed by atoms with Gasteiger partial charge in [0.2, 0.25) is 10.0 Å². The van der Waals surface area contributed by atoms with E-state index in [2.05, 4.69) is 37.9 Å². The Morgan fingerprint density at radius 3 is 2.15 bits per heavy atom. The molecule has 27 heavy (non-hydrogen) atoms. The molecule has 6 heteroatoms. The van der Waals surface area contributed by atoms with E-state index < -0.39 is 10.0 Å². The second-order valence-corrected chi connectivity index (χ2v) is 10.0. The van der Waals surface area contributed by atoms with Crippen molar-refractivity contribution in [1.82, 2.24) is 9.29 Å². The van der Waals surface area contributed by atoms with Crippen molar-refractivity contribution >= 4 is 27.2 Å². The quantitative estimate of drug-likeness (QED) is 0.686. The molecule has 0 atom stereocenters. The molecule has 142 valence electrons. The predicted molar refractivity (Wildman–Crippen MR) is 109 cm³/mol. The number of H-pyrrole nitrogens is 1. The van der Waals surface area contributed by atoms with Crippen LogP contribution in [0.4, 0.5) is 0 Å². The Morgan fingerprint density at radius 2 is 1.63 bits per heavy atom. The minimum Gasteiger partial charge on any atom is -0.354 e. The molecule has 1 heterocycles. The second kappa shape index (κ2) is 6.62. The van der Waals surface area contributed by atoms with Crippen LogP contribution in [0, 0.1) is 0 Å². The zero-order chi connectivity index (χ0) is 20.0. The Kier molecular flexibility index (Phi) is 4.74. The van der Waals surface area contributed by atoms with Crippen LogP contribution in [0.25, 0.3) is 22.2 Å². The summed E-state index contributed by atoms with van der Waals surface area (Å²) < 4.78 is 26.0. The monoisotopic (exact) mass is 384 g/mol. The average molecular weight is 385 g/mol. The highest BCUT2D eigenvalue weighted by molar-refractivity contribution is 7.89. The summed E-state index contributed by atoms with van der Waals surface area (Å²) in [4.78, 5) is 15.2. The molecule has 0 aliphatic rings. The molecule has 3 aromatic rings.